The molecule has 0 bridgehead atoms. The first kappa shape index (κ1) is 27.1. The van der Waals surface area contributed by atoms with Crippen LogP contribution in [-0.4, -0.2) is 92.5 Å². The standard InChI is InChI=1S/C30H38N4O5/c1-21-4-6-22(7-5-21)27-19-26(25-11-10-24(37-2)18-28(25)38-3)31-34(27)29(35)20-33(30(36)23-8-9-23)13-12-32-14-16-39-17-15-32/h4-7,10-11,18,23,27H,8-9,12-17,19-20H2,1-3H3/t27-/m1/s1. The van der Waals surface area contributed by atoms with Crippen LogP contribution in [0.25, 0.3) is 0 Å². The minimum Gasteiger partial charge on any atom is -0.497 e. The zero-order chi connectivity index (χ0) is 27.4. The number of amides is 2. The summed E-state index contributed by atoms with van der Waals surface area (Å²) in [5.41, 5.74) is 3.75. The molecule has 0 unspecified atom stereocenters. The highest BCUT2D eigenvalue weighted by Gasteiger charge is 2.38. The molecule has 2 heterocycles. The molecule has 39 heavy (non-hydrogen) atoms. The topological polar surface area (TPSA) is 83.9 Å². The molecule has 1 saturated carbocycles. The van der Waals surface area contributed by atoms with Gasteiger partial charge in [-0.1, -0.05) is 29.8 Å². The van der Waals surface area contributed by atoms with E-state index in [1.807, 2.05) is 25.1 Å². The van der Waals surface area contributed by atoms with E-state index in [0.29, 0.717) is 37.7 Å². The van der Waals surface area contributed by atoms with Crippen LogP contribution >= 0.6 is 0 Å². The van der Waals surface area contributed by atoms with Crippen LogP contribution in [0.5, 0.6) is 11.5 Å². The summed E-state index contributed by atoms with van der Waals surface area (Å²) in [6.07, 6.45) is 2.34. The summed E-state index contributed by atoms with van der Waals surface area (Å²) in [6.45, 7) is 6.40. The highest BCUT2D eigenvalue weighted by molar-refractivity contribution is 6.05. The fraction of sp³-hybridized carbons (Fsp3) is 0.500. The molecular weight excluding hydrogens is 496 g/mol. The van der Waals surface area contributed by atoms with E-state index in [1.165, 1.54) is 0 Å². The van der Waals surface area contributed by atoms with E-state index in [2.05, 4.69) is 29.2 Å². The Hall–Kier alpha value is -3.43. The number of hydrogen-bond acceptors (Lipinski definition) is 7. The quantitative estimate of drug-likeness (QED) is 0.465. The van der Waals surface area contributed by atoms with Crippen molar-refractivity contribution in [1.82, 2.24) is 14.8 Å². The molecule has 1 aliphatic carbocycles. The number of carbonyl (C=O) groups is 2. The maximum absolute atomic E-state index is 13.9. The summed E-state index contributed by atoms with van der Waals surface area (Å²) in [6, 6.07) is 13.5. The van der Waals surface area contributed by atoms with Gasteiger partial charge in [-0.2, -0.15) is 5.10 Å². The highest BCUT2D eigenvalue weighted by atomic mass is 16.5. The first-order valence-corrected chi connectivity index (χ1v) is 13.7. The molecule has 2 aromatic carbocycles. The predicted octanol–water partition coefficient (Wildman–Crippen LogP) is 3.26. The molecule has 2 aliphatic heterocycles. The summed E-state index contributed by atoms with van der Waals surface area (Å²) in [5, 5.41) is 6.42. The van der Waals surface area contributed by atoms with Gasteiger partial charge in [-0.05, 0) is 37.5 Å². The zero-order valence-corrected chi connectivity index (χ0v) is 23.1. The number of hydrogen-bond donors (Lipinski definition) is 0. The average molecular weight is 535 g/mol. The summed E-state index contributed by atoms with van der Waals surface area (Å²) in [7, 11) is 3.23. The fourth-order valence-corrected chi connectivity index (χ4v) is 5.17. The molecule has 0 spiro atoms. The second-order valence-corrected chi connectivity index (χ2v) is 10.5. The van der Waals surface area contributed by atoms with Gasteiger partial charge < -0.3 is 19.1 Å². The minimum atomic E-state index is -0.267. The maximum Gasteiger partial charge on any atom is 0.262 e. The number of carbonyl (C=O) groups excluding carboxylic acids is 2. The molecule has 2 amide bonds. The van der Waals surface area contributed by atoms with Crippen LogP contribution in [0.2, 0.25) is 0 Å². The lowest BCUT2D eigenvalue weighted by atomic mass is 9.97. The summed E-state index contributed by atoms with van der Waals surface area (Å²) < 4.78 is 16.5. The average Bonchev–Trinajstić information content (AvgIpc) is 3.73. The van der Waals surface area contributed by atoms with Crippen molar-refractivity contribution in [3.63, 3.8) is 0 Å². The first-order valence-electron chi connectivity index (χ1n) is 13.7. The van der Waals surface area contributed by atoms with Gasteiger partial charge in [-0.15, -0.1) is 0 Å². The monoisotopic (exact) mass is 534 g/mol. The Bertz CT molecular complexity index is 1200. The van der Waals surface area contributed by atoms with E-state index in [-0.39, 0.29) is 30.3 Å². The summed E-state index contributed by atoms with van der Waals surface area (Å²) in [5.74, 6) is 1.26. The molecule has 1 atom stereocenters. The molecule has 0 radical (unpaired) electrons. The number of nitrogens with zero attached hydrogens (tertiary/aromatic N) is 4. The Morgan fingerprint density at radius 1 is 1.05 bits per heavy atom. The molecule has 2 aromatic rings. The Morgan fingerprint density at radius 2 is 1.79 bits per heavy atom. The number of rotatable bonds is 10. The van der Waals surface area contributed by atoms with E-state index in [4.69, 9.17) is 19.3 Å². The normalized spacial score (nSPS) is 19.5. The SMILES string of the molecule is COc1ccc(C2=NN(C(=O)CN(CCN3CCOCC3)C(=O)C3CC3)[C@@H](c3ccc(C)cc3)C2)c(OC)c1. The van der Waals surface area contributed by atoms with Gasteiger partial charge in [-0.25, -0.2) is 5.01 Å². The molecule has 5 rings (SSSR count). The van der Waals surface area contributed by atoms with Crippen LogP contribution in [0.4, 0.5) is 0 Å². The molecule has 9 heteroatoms. The van der Waals surface area contributed by atoms with Crippen LogP contribution in [0, 0.1) is 12.8 Å². The number of hydrazone groups is 1. The molecule has 9 nitrogen and oxygen atoms in total. The van der Waals surface area contributed by atoms with Crippen molar-refractivity contribution in [3.05, 3.63) is 59.2 Å². The van der Waals surface area contributed by atoms with E-state index >= 15 is 0 Å². The van der Waals surface area contributed by atoms with Gasteiger partial charge >= 0.3 is 0 Å². The van der Waals surface area contributed by atoms with Gasteiger partial charge in [0.15, 0.2) is 0 Å². The minimum absolute atomic E-state index is 0.0125. The zero-order valence-electron chi connectivity index (χ0n) is 23.1. The van der Waals surface area contributed by atoms with Gasteiger partial charge in [0, 0.05) is 50.1 Å². The van der Waals surface area contributed by atoms with Crippen molar-refractivity contribution in [2.75, 3.05) is 60.2 Å². The molecule has 2 fully saturated rings. The highest BCUT2D eigenvalue weighted by Crippen LogP contribution is 2.37. The lowest BCUT2D eigenvalue weighted by Gasteiger charge is -2.31. The number of methoxy groups -OCH3 is 2. The largest absolute Gasteiger partial charge is 0.497 e. The Balaban J connectivity index is 1.40. The Labute approximate surface area is 230 Å². The van der Waals surface area contributed by atoms with Crippen LogP contribution < -0.4 is 9.47 Å². The van der Waals surface area contributed by atoms with E-state index in [0.717, 1.165) is 54.9 Å². The van der Waals surface area contributed by atoms with E-state index < -0.39 is 0 Å². The molecule has 1 saturated heterocycles. The Kier molecular flexibility index (Phi) is 8.47. The number of ether oxygens (including phenoxy) is 3. The van der Waals surface area contributed by atoms with Crippen molar-refractivity contribution >= 4 is 17.5 Å². The molecular formula is C30H38N4O5. The van der Waals surface area contributed by atoms with Crippen LogP contribution in [0.15, 0.2) is 47.6 Å². The molecule has 0 N–H and O–H groups in total. The molecule has 208 valence electrons. The summed E-state index contributed by atoms with van der Waals surface area (Å²) in [4.78, 5) is 31.1. The van der Waals surface area contributed by atoms with Gasteiger partial charge in [0.2, 0.25) is 5.91 Å². The van der Waals surface area contributed by atoms with Crippen molar-refractivity contribution in [1.29, 1.82) is 0 Å². The van der Waals surface area contributed by atoms with Crippen molar-refractivity contribution in [2.45, 2.75) is 32.2 Å². The molecule has 0 aromatic heterocycles. The van der Waals surface area contributed by atoms with Crippen LogP contribution in [-0.2, 0) is 14.3 Å². The third-order valence-electron chi connectivity index (χ3n) is 7.70. The fourth-order valence-electron chi connectivity index (χ4n) is 5.17. The third kappa shape index (κ3) is 6.42. The molecule has 3 aliphatic rings. The van der Waals surface area contributed by atoms with Crippen LogP contribution in [0.1, 0.15) is 42.0 Å². The predicted molar refractivity (Wildman–Crippen MR) is 148 cm³/mol. The third-order valence-corrected chi connectivity index (χ3v) is 7.70. The van der Waals surface area contributed by atoms with Crippen LogP contribution in [0.3, 0.4) is 0 Å². The smallest absolute Gasteiger partial charge is 0.262 e. The lowest BCUT2D eigenvalue weighted by molar-refractivity contribution is -0.142. The maximum atomic E-state index is 13.9. The van der Waals surface area contributed by atoms with E-state index in [1.54, 1.807) is 24.1 Å². The summed E-state index contributed by atoms with van der Waals surface area (Å²) >= 11 is 0. The number of aryl methyl sites for hydroxylation is 1. The second-order valence-electron chi connectivity index (χ2n) is 10.5. The lowest BCUT2D eigenvalue weighted by Crippen LogP contribution is -2.47. The van der Waals surface area contributed by atoms with Crippen molar-refractivity contribution < 1.29 is 23.8 Å². The van der Waals surface area contributed by atoms with Gasteiger partial charge in [0.25, 0.3) is 5.91 Å². The first-order chi connectivity index (χ1) is 19.0. The number of benzene rings is 2. The second kappa shape index (κ2) is 12.2. The van der Waals surface area contributed by atoms with Gasteiger partial charge in [-0.3, -0.25) is 14.5 Å². The van der Waals surface area contributed by atoms with Gasteiger partial charge in [0.05, 0.1) is 39.2 Å². The van der Waals surface area contributed by atoms with Crippen molar-refractivity contribution in [2.24, 2.45) is 11.0 Å². The van der Waals surface area contributed by atoms with E-state index in [9.17, 15) is 9.59 Å². The Morgan fingerprint density at radius 3 is 2.46 bits per heavy atom. The van der Waals surface area contributed by atoms with Gasteiger partial charge in [0.1, 0.15) is 18.0 Å². The number of morpholine rings is 1. The van der Waals surface area contributed by atoms with Crippen molar-refractivity contribution in [3.8, 4) is 11.5 Å².